The molecule has 0 bridgehead atoms. The summed E-state index contributed by atoms with van der Waals surface area (Å²) in [6.07, 6.45) is 12.5. The van der Waals surface area contributed by atoms with E-state index in [1.165, 1.54) is 32.1 Å². The summed E-state index contributed by atoms with van der Waals surface area (Å²) in [6.45, 7) is 12.5. The largest absolute Gasteiger partial charge is 0.444 e. The minimum Gasteiger partial charge on any atom is -0.444 e. The maximum atomic E-state index is 12.4. The van der Waals surface area contributed by atoms with Gasteiger partial charge < -0.3 is 19.1 Å². The molecule has 0 spiro atoms. The van der Waals surface area contributed by atoms with Crippen LogP contribution in [0.3, 0.4) is 0 Å². The quantitative estimate of drug-likeness (QED) is 0.577. The van der Waals surface area contributed by atoms with Crippen molar-refractivity contribution >= 4 is 22.9 Å². The highest BCUT2D eigenvalue weighted by atomic mass is 16.6. The number of carbonyl (C=O) groups excluding carboxylic acids is 1. The Kier molecular flexibility index (Phi) is 7.45. The van der Waals surface area contributed by atoms with E-state index in [1.54, 1.807) is 6.33 Å². The monoisotopic (exact) mass is 455 g/mol. The van der Waals surface area contributed by atoms with Gasteiger partial charge in [-0.2, -0.15) is 0 Å². The minimum atomic E-state index is -0.446. The zero-order valence-corrected chi connectivity index (χ0v) is 20.9. The highest BCUT2D eigenvalue weighted by Crippen LogP contribution is 2.30. The van der Waals surface area contributed by atoms with Crippen LogP contribution in [0.15, 0.2) is 18.6 Å². The zero-order chi connectivity index (χ0) is 23.4. The molecule has 1 saturated carbocycles. The topological polar surface area (TPSA) is 63.5 Å². The van der Waals surface area contributed by atoms with Gasteiger partial charge in [-0.25, -0.2) is 14.8 Å². The summed E-state index contributed by atoms with van der Waals surface area (Å²) in [5.74, 6) is 2.38. The summed E-state index contributed by atoms with van der Waals surface area (Å²) in [4.78, 5) is 26.0. The summed E-state index contributed by atoms with van der Waals surface area (Å²) < 4.78 is 7.82. The van der Waals surface area contributed by atoms with E-state index in [2.05, 4.69) is 33.6 Å². The average molecular weight is 456 g/mol. The molecule has 33 heavy (non-hydrogen) atoms. The molecular weight excluding hydrogens is 414 g/mol. The number of amides is 1. The summed E-state index contributed by atoms with van der Waals surface area (Å²) in [6, 6.07) is 2.18. The fraction of sp³-hybridized carbons (Fsp3) is 0.731. The SMILES string of the molecule is CCN(CC1CCCCC1)c1ncnc2c1ccn2CC1CCN(C(=O)OC(C)(C)C)CC1. The molecule has 4 rings (SSSR count). The van der Waals surface area contributed by atoms with E-state index in [0.29, 0.717) is 5.92 Å². The second kappa shape index (κ2) is 10.3. The molecule has 0 unspecified atom stereocenters. The molecule has 182 valence electrons. The van der Waals surface area contributed by atoms with E-state index in [-0.39, 0.29) is 6.09 Å². The molecule has 0 radical (unpaired) electrons. The molecule has 2 aromatic rings. The summed E-state index contributed by atoms with van der Waals surface area (Å²) in [7, 11) is 0. The van der Waals surface area contributed by atoms with Crippen LogP contribution in [0.4, 0.5) is 10.6 Å². The number of nitrogens with zero attached hydrogens (tertiary/aromatic N) is 5. The van der Waals surface area contributed by atoms with Gasteiger partial charge in [-0.3, -0.25) is 0 Å². The van der Waals surface area contributed by atoms with Crippen LogP contribution >= 0.6 is 0 Å². The minimum absolute atomic E-state index is 0.192. The van der Waals surface area contributed by atoms with Crippen molar-refractivity contribution in [3.8, 4) is 0 Å². The van der Waals surface area contributed by atoms with Crippen LogP contribution in [0.5, 0.6) is 0 Å². The Morgan fingerprint density at radius 2 is 1.82 bits per heavy atom. The molecule has 7 heteroatoms. The van der Waals surface area contributed by atoms with Crippen molar-refractivity contribution in [3.05, 3.63) is 18.6 Å². The molecule has 2 aromatic heterocycles. The third-order valence-corrected chi connectivity index (χ3v) is 7.14. The second-order valence-corrected chi connectivity index (χ2v) is 10.9. The van der Waals surface area contributed by atoms with E-state index >= 15 is 0 Å². The number of fused-ring (bicyclic) bond motifs is 1. The van der Waals surface area contributed by atoms with Crippen molar-refractivity contribution in [1.82, 2.24) is 19.4 Å². The van der Waals surface area contributed by atoms with Crippen molar-refractivity contribution in [2.45, 2.75) is 84.8 Å². The molecule has 7 nitrogen and oxygen atoms in total. The fourth-order valence-corrected chi connectivity index (χ4v) is 5.34. The second-order valence-electron chi connectivity index (χ2n) is 10.9. The third kappa shape index (κ3) is 5.98. The van der Waals surface area contributed by atoms with Crippen molar-refractivity contribution in [3.63, 3.8) is 0 Å². The van der Waals surface area contributed by atoms with Crippen molar-refractivity contribution < 1.29 is 9.53 Å². The predicted octanol–water partition coefficient (Wildman–Crippen LogP) is 5.49. The number of rotatable bonds is 6. The van der Waals surface area contributed by atoms with Crippen LogP contribution in [-0.4, -0.2) is 57.3 Å². The number of aromatic nitrogens is 3. The number of anilines is 1. The smallest absolute Gasteiger partial charge is 0.410 e. The highest BCUT2D eigenvalue weighted by Gasteiger charge is 2.27. The van der Waals surface area contributed by atoms with E-state index in [4.69, 9.17) is 9.72 Å². The summed E-state index contributed by atoms with van der Waals surface area (Å²) >= 11 is 0. The van der Waals surface area contributed by atoms with Crippen LogP contribution in [0.1, 0.15) is 72.6 Å². The van der Waals surface area contributed by atoms with Gasteiger partial charge in [0, 0.05) is 38.9 Å². The van der Waals surface area contributed by atoms with E-state index in [9.17, 15) is 4.79 Å². The number of piperidine rings is 1. The maximum Gasteiger partial charge on any atom is 0.410 e. The van der Waals surface area contributed by atoms with Crippen molar-refractivity contribution in [2.75, 3.05) is 31.1 Å². The molecular formula is C26H41N5O2. The Hall–Kier alpha value is -2.31. The lowest BCUT2D eigenvalue weighted by molar-refractivity contribution is 0.0178. The van der Waals surface area contributed by atoms with Crippen LogP contribution in [0.25, 0.3) is 11.0 Å². The van der Waals surface area contributed by atoms with Gasteiger partial charge in [0.15, 0.2) is 0 Å². The van der Waals surface area contributed by atoms with E-state index in [0.717, 1.165) is 68.3 Å². The first-order valence-electron chi connectivity index (χ1n) is 12.9. The fourth-order valence-electron chi connectivity index (χ4n) is 5.34. The first-order valence-corrected chi connectivity index (χ1v) is 12.9. The Balaban J connectivity index is 1.40. The van der Waals surface area contributed by atoms with E-state index in [1.807, 2.05) is 25.7 Å². The summed E-state index contributed by atoms with van der Waals surface area (Å²) in [5.41, 5.74) is 0.579. The molecule has 2 fully saturated rings. The van der Waals surface area contributed by atoms with Crippen LogP contribution in [-0.2, 0) is 11.3 Å². The standard InChI is InChI=1S/C26H41N5O2/c1-5-29(17-20-9-7-6-8-10-20)23-22-13-16-31(24(22)28-19-27-23)18-21-11-14-30(15-12-21)25(32)33-26(2,3)4/h13,16,19-21H,5-12,14-15,17-18H2,1-4H3. The van der Waals surface area contributed by atoms with Gasteiger partial charge in [-0.05, 0) is 71.3 Å². The molecule has 0 N–H and O–H groups in total. The van der Waals surface area contributed by atoms with Gasteiger partial charge in [0.25, 0.3) is 0 Å². The van der Waals surface area contributed by atoms with Gasteiger partial charge in [-0.15, -0.1) is 0 Å². The van der Waals surface area contributed by atoms with Gasteiger partial charge in [0.05, 0.1) is 5.39 Å². The molecule has 0 atom stereocenters. The van der Waals surface area contributed by atoms with Gasteiger partial charge in [0.2, 0.25) is 0 Å². The molecule has 1 aliphatic carbocycles. The normalized spacial score (nSPS) is 18.6. The lowest BCUT2D eigenvalue weighted by Crippen LogP contribution is -2.42. The first-order chi connectivity index (χ1) is 15.8. The Bertz CT molecular complexity index is 920. The first kappa shape index (κ1) is 23.8. The maximum absolute atomic E-state index is 12.4. The van der Waals surface area contributed by atoms with Gasteiger partial charge in [0.1, 0.15) is 23.4 Å². The number of likely N-dealkylation sites (tertiary alicyclic amines) is 1. The predicted molar refractivity (Wildman–Crippen MR) is 133 cm³/mol. The number of hydrogen-bond donors (Lipinski definition) is 0. The van der Waals surface area contributed by atoms with Gasteiger partial charge in [-0.1, -0.05) is 19.3 Å². The van der Waals surface area contributed by atoms with Crippen LogP contribution < -0.4 is 4.90 Å². The average Bonchev–Trinajstić information content (AvgIpc) is 3.20. The van der Waals surface area contributed by atoms with Gasteiger partial charge >= 0.3 is 6.09 Å². The summed E-state index contributed by atoms with van der Waals surface area (Å²) in [5, 5.41) is 1.15. The zero-order valence-electron chi connectivity index (χ0n) is 20.9. The molecule has 1 saturated heterocycles. The van der Waals surface area contributed by atoms with Crippen LogP contribution in [0, 0.1) is 11.8 Å². The number of carbonyl (C=O) groups is 1. The lowest BCUT2D eigenvalue weighted by Gasteiger charge is -2.33. The Morgan fingerprint density at radius 3 is 2.48 bits per heavy atom. The lowest BCUT2D eigenvalue weighted by atomic mass is 9.89. The number of hydrogen-bond acceptors (Lipinski definition) is 5. The molecule has 2 aliphatic rings. The van der Waals surface area contributed by atoms with Crippen molar-refractivity contribution in [1.29, 1.82) is 0 Å². The Morgan fingerprint density at radius 1 is 1.09 bits per heavy atom. The highest BCUT2D eigenvalue weighted by molar-refractivity contribution is 5.87. The molecule has 1 aliphatic heterocycles. The molecule has 3 heterocycles. The Labute approximate surface area is 198 Å². The number of ether oxygens (including phenoxy) is 1. The van der Waals surface area contributed by atoms with E-state index < -0.39 is 5.60 Å². The van der Waals surface area contributed by atoms with Crippen molar-refractivity contribution in [2.24, 2.45) is 11.8 Å². The third-order valence-electron chi connectivity index (χ3n) is 7.14. The molecule has 0 aromatic carbocycles. The van der Waals surface area contributed by atoms with Crippen LogP contribution in [0.2, 0.25) is 0 Å². The molecule has 1 amide bonds.